The van der Waals surface area contributed by atoms with Gasteiger partial charge in [-0.1, -0.05) is 0 Å². The molecule has 0 N–H and O–H groups in total. The average Bonchev–Trinajstić information content (AvgIpc) is 2.63. The molecule has 5 heteroatoms. The first-order valence-corrected chi connectivity index (χ1v) is 6.70. The highest BCUT2D eigenvalue weighted by molar-refractivity contribution is 9.10. The van der Waals surface area contributed by atoms with Crippen LogP contribution in [-0.2, 0) is 16.1 Å². The number of hydrogen-bond donors (Lipinski definition) is 0. The lowest BCUT2D eigenvalue weighted by Gasteiger charge is -2.22. The summed E-state index contributed by atoms with van der Waals surface area (Å²) in [5.41, 5.74) is 0. The Balaban J connectivity index is 2.45. The van der Waals surface area contributed by atoms with Gasteiger partial charge in [0.1, 0.15) is 0 Å². The zero-order valence-electron chi connectivity index (χ0n) is 9.70. The molecule has 0 fully saturated rings. The highest BCUT2D eigenvalue weighted by Crippen LogP contribution is 2.21. The van der Waals surface area contributed by atoms with Gasteiger partial charge in [0.25, 0.3) is 0 Å². The maximum absolute atomic E-state index is 11.1. The molecular weight excluding hydrogens is 290 g/mol. The third-order valence-corrected chi connectivity index (χ3v) is 4.15. The highest BCUT2D eigenvalue weighted by atomic mass is 79.9. The minimum Gasteiger partial charge on any atom is -0.469 e. The van der Waals surface area contributed by atoms with Crippen LogP contribution >= 0.6 is 27.3 Å². The number of rotatable bonds is 5. The van der Waals surface area contributed by atoms with Crippen molar-refractivity contribution in [2.75, 3.05) is 14.2 Å². The van der Waals surface area contributed by atoms with E-state index in [4.69, 9.17) is 0 Å². The maximum Gasteiger partial charge on any atom is 0.307 e. The van der Waals surface area contributed by atoms with Gasteiger partial charge in [0.15, 0.2) is 0 Å². The first kappa shape index (κ1) is 13.7. The summed E-state index contributed by atoms with van der Waals surface area (Å²) in [5.74, 6) is -0.160. The number of esters is 1. The van der Waals surface area contributed by atoms with Crippen LogP contribution in [0.15, 0.2) is 15.9 Å². The molecule has 0 bridgehead atoms. The molecule has 0 saturated heterocycles. The fourth-order valence-corrected chi connectivity index (χ4v) is 2.83. The van der Waals surface area contributed by atoms with E-state index in [1.807, 2.05) is 14.0 Å². The summed E-state index contributed by atoms with van der Waals surface area (Å²) in [6.07, 6.45) is 0.430. The van der Waals surface area contributed by atoms with Crippen LogP contribution in [0.2, 0.25) is 0 Å². The fourth-order valence-electron chi connectivity index (χ4n) is 1.32. The predicted molar refractivity (Wildman–Crippen MR) is 69.6 cm³/mol. The first-order valence-electron chi connectivity index (χ1n) is 5.03. The summed E-state index contributed by atoms with van der Waals surface area (Å²) >= 11 is 5.14. The van der Waals surface area contributed by atoms with Crippen molar-refractivity contribution in [1.82, 2.24) is 4.90 Å². The molecular formula is C11H16BrNO2S. The number of carbonyl (C=O) groups excluding carboxylic acids is 1. The van der Waals surface area contributed by atoms with E-state index in [2.05, 4.69) is 37.0 Å². The largest absolute Gasteiger partial charge is 0.469 e. The average molecular weight is 306 g/mol. The molecule has 0 radical (unpaired) electrons. The van der Waals surface area contributed by atoms with Crippen molar-refractivity contribution in [3.05, 3.63) is 20.8 Å². The molecule has 1 aromatic heterocycles. The van der Waals surface area contributed by atoms with Crippen LogP contribution in [0.5, 0.6) is 0 Å². The number of methoxy groups -OCH3 is 1. The monoisotopic (exact) mass is 305 g/mol. The van der Waals surface area contributed by atoms with Gasteiger partial charge in [0, 0.05) is 27.3 Å². The minimum absolute atomic E-state index is 0.160. The smallest absolute Gasteiger partial charge is 0.307 e. The summed E-state index contributed by atoms with van der Waals surface area (Å²) in [6, 6.07) is 2.29. The molecule has 0 aliphatic carbocycles. The van der Waals surface area contributed by atoms with Crippen molar-refractivity contribution in [2.45, 2.75) is 25.9 Å². The number of halogens is 1. The van der Waals surface area contributed by atoms with Gasteiger partial charge in [-0.2, -0.15) is 0 Å². The van der Waals surface area contributed by atoms with E-state index in [1.54, 1.807) is 11.3 Å². The van der Waals surface area contributed by atoms with Crippen LogP contribution < -0.4 is 0 Å². The number of carbonyl (C=O) groups is 1. The Morgan fingerprint density at radius 1 is 1.69 bits per heavy atom. The number of nitrogens with zero attached hydrogens (tertiary/aromatic N) is 1. The normalized spacial score (nSPS) is 12.8. The Kier molecular flexibility index (Phi) is 5.44. The SMILES string of the molecule is COC(=O)CC(C)N(C)Cc1cc(Br)cs1. The maximum atomic E-state index is 11.1. The lowest BCUT2D eigenvalue weighted by Crippen LogP contribution is -2.30. The van der Waals surface area contributed by atoms with Crippen molar-refractivity contribution >= 4 is 33.2 Å². The third kappa shape index (κ3) is 4.23. The first-order chi connectivity index (χ1) is 7.52. The van der Waals surface area contributed by atoms with Gasteiger partial charge in [-0.15, -0.1) is 11.3 Å². The van der Waals surface area contributed by atoms with Gasteiger partial charge in [0.05, 0.1) is 13.5 Å². The van der Waals surface area contributed by atoms with Crippen molar-refractivity contribution in [3.8, 4) is 0 Å². The topological polar surface area (TPSA) is 29.5 Å². The van der Waals surface area contributed by atoms with Gasteiger partial charge in [0.2, 0.25) is 0 Å². The van der Waals surface area contributed by atoms with Crippen LogP contribution in [0.1, 0.15) is 18.2 Å². The highest BCUT2D eigenvalue weighted by Gasteiger charge is 2.14. The van der Waals surface area contributed by atoms with Crippen molar-refractivity contribution in [1.29, 1.82) is 0 Å². The molecule has 1 unspecified atom stereocenters. The van der Waals surface area contributed by atoms with Crippen molar-refractivity contribution in [3.63, 3.8) is 0 Å². The molecule has 1 heterocycles. The van der Waals surface area contributed by atoms with E-state index in [-0.39, 0.29) is 12.0 Å². The number of ether oxygens (including phenoxy) is 1. The van der Waals surface area contributed by atoms with Crippen LogP contribution in [0.3, 0.4) is 0 Å². The van der Waals surface area contributed by atoms with Crippen molar-refractivity contribution < 1.29 is 9.53 Å². The van der Waals surface area contributed by atoms with Gasteiger partial charge in [-0.25, -0.2) is 0 Å². The van der Waals surface area contributed by atoms with E-state index >= 15 is 0 Å². The van der Waals surface area contributed by atoms with Crippen LogP contribution in [0, 0.1) is 0 Å². The molecule has 3 nitrogen and oxygen atoms in total. The zero-order valence-corrected chi connectivity index (χ0v) is 12.1. The standard InChI is InChI=1S/C11H16BrNO2S/c1-8(4-11(14)15-3)13(2)6-10-5-9(12)7-16-10/h5,7-8H,4,6H2,1-3H3. The van der Waals surface area contributed by atoms with Crippen molar-refractivity contribution in [2.24, 2.45) is 0 Å². The second kappa shape index (κ2) is 6.37. The predicted octanol–water partition coefficient (Wildman–Crippen LogP) is 2.89. The van der Waals surface area contributed by atoms with E-state index < -0.39 is 0 Å². The third-order valence-electron chi connectivity index (χ3n) is 2.47. The van der Waals surface area contributed by atoms with Gasteiger partial charge < -0.3 is 4.74 Å². The molecule has 1 rings (SSSR count). The number of thiophene rings is 1. The summed E-state index contributed by atoms with van der Waals surface area (Å²) in [5, 5.41) is 2.06. The van der Waals surface area contributed by atoms with Gasteiger partial charge >= 0.3 is 5.97 Å². The molecule has 0 spiro atoms. The molecule has 90 valence electrons. The summed E-state index contributed by atoms with van der Waals surface area (Å²) in [7, 11) is 3.44. The van der Waals surface area contributed by atoms with Crippen LogP contribution in [-0.4, -0.2) is 31.1 Å². The Hall–Kier alpha value is -0.390. The Morgan fingerprint density at radius 2 is 2.38 bits per heavy atom. The fraction of sp³-hybridized carbons (Fsp3) is 0.545. The van der Waals surface area contributed by atoms with E-state index in [9.17, 15) is 4.79 Å². The number of hydrogen-bond acceptors (Lipinski definition) is 4. The molecule has 0 aromatic carbocycles. The van der Waals surface area contributed by atoms with Gasteiger partial charge in [-0.05, 0) is 36.0 Å². The second-order valence-electron chi connectivity index (χ2n) is 3.78. The molecule has 1 atom stereocenters. The summed E-state index contributed by atoms with van der Waals surface area (Å²) < 4.78 is 5.77. The Morgan fingerprint density at radius 3 is 2.88 bits per heavy atom. The molecule has 0 saturated carbocycles. The summed E-state index contributed by atoms with van der Waals surface area (Å²) in [6.45, 7) is 2.88. The van der Waals surface area contributed by atoms with E-state index in [1.165, 1.54) is 12.0 Å². The quantitative estimate of drug-likeness (QED) is 0.784. The van der Waals surface area contributed by atoms with Crippen LogP contribution in [0.25, 0.3) is 0 Å². The lowest BCUT2D eigenvalue weighted by atomic mass is 10.2. The Bertz CT molecular complexity index is 354. The minimum atomic E-state index is -0.160. The molecule has 0 aliphatic heterocycles. The van der Waals surface area contributed by atoms with E-state index in [0.717, 1.165) is 11.0 Å². The zero-order chi connectivity index (χ0) is 12.1. The molecule has 1 aromatic rings. The molecule has 16 heavy (non-hydrogen) atoms. The second-order valence-corrected chi connectivity index (χ2v) is 5.69. The van der Waals surface area contributed by atoms with Gasteiger partial charge in [-0.3, -0.25) is 9.69 Å². The summed E-state index contributed by atoms with van der Waals surface area (Å²) in [4.78, 5) is 14.6. The van der Waals surface area contributed by atoms with E-state index in [0.29, 0.717) is 6.42 Å². The lowest BCUT2D eigenvalue weighted by molar-refractivity contribution is -0.141. The molecule has 0 amide bonds. The molecule has 0 aliphatic rings. The van der Waals surface area contributed by atoms with Crippen LogP contribution in [0.4, 0.5) is 0 Å². The Labute approximate surface area is 109 Å².